The largest absolute Gasteiger partial charge is 0.383 e. The third-order valence-corrected chi connectivity index (χ3v) is 1.85. The van der Waals surface area contributed by atoms with Gasteiger partial charge in [-0.15, -0.1) is 0 Å². The van der Waals surface area contributed by atoms with Crippen LogP contribution in [-0.4, -0.2) is 20.3 Å². The lowest BCUT2D eigenvalue weighted by Gasteiger charge is -2.06. The Kier molecular flexibility index (Phi) is 4.49. The fraction of sp³-hybridized carbons (Fsp3) is 0.400. The summed E-state index contributed by atoms with van der Waals surface area (Å²) in [5.74, 6) is -1.04. The number of rotatable bonds is 5. The highest BCUT2D eigenvalue weighted by Gasteiger charge is 2.06. The summed E-state index contributed by atoms with van der Waals surface area (Å²) in [6.07, 6.45) is 0. The molecule has 0 saturated heterocycles. The van der Waals surface area contributed by atoms with Crippen LogP contribution in [0.1, 0.15) is 5.56 Å². The molecule has 0 fully saturated rings. The average Bonchev–Trinajstić information content (AvgIpc) is 2.16. The predicted octanol–water partition coefficient (Wildman–Crippen LogP) is 1.70. The van der Waals surface area contributed by atoms with E-state index < -0.39 is 11.6 Å². The minimum atomic E-state index is -0.519. The van der Waals surface area contributed by atoms with Crippen molar-refractivity contribution in [2.24, 2.45) is 0 Å². The van der Waals surface area contributed by atoms with E-state index in [1.807, 2.05) is 0 Å². The normalized spacial score (nSPS) is 10.5. The quantitative estimate of drug-likeness (QED) is 0.732. The SMILES string of the molecule is COCCNCc1c(F)cccc1F. The lowest BCUT2D eigenvalue weighted by molar-refractivity contribution is 0.199. The van der Waals surface area contributed by atoms with Crippen LogP contribution in [0.15, 0.2) is 18.2 Å². The first-order valence-electron chi connectivity index (χ1n) is 4.38. The Labute approximate surface area is 81.9 Å². The second-order valence-electron chi connectivity index (χ2n) is 2.87. The molecular formula is C10H13F2NO. The molecule has 0 aliphatic heterocycles. The van der Waals surface area contributed by atoms with Gasteiger partial charge in [0.25, 0.3) is 0 Å². The number of ether oxygens (including phenoxy) is 1. The van der Waals surface area contributed by atoms with Crippen molar-refractivity contribution in [2.75, 3.05) is 20.3 Å². The highest BCUT2D eigenvalue weighted by molar-refractivity contribution is 5.19. The molecule has 0 aliphatic carbocycles. The van der Waals surface area contributed by atoms with Crippen LogP contribution in [0.5, 0.6) is 0 Å². The van der Waals surface area contributed by atoms with E-state index >= 15 is 0 Å². The summed E-state index contributed by atoms with van der Waals surface area (Å²) in [7, 11) is 1.57. The van der Waals surface area contributed by atoms with Crippen molar-refractivity contribution in [2.45, 2.75) is 6.54 Å². The Bertz CT molecular complexity index is 271. The molecule has 78 valence electrons. The number of hydrogen-bond acceptors (Lipinski definition) is 2. The van der Waals surface area contributed by atoms with E-state index in [2.05, 4.69) is 5.32 Å². The molecule has 4 heteroatoms. The summed E-state index contributed by atoms with van der Waals surface area (Å²) < 4.78 is 30.9. The Morgan fingerprint density at radius 1 is 1.29 bits per heavy atom. The van der Waals surface area contributed by atoms with E-state index in [1.165, 1.54) is 18.2 Å². The molecule has 2 nitrogen and oxygen atoms in total. The second-order valence-corrected chi connectivity index (χ2v) is 2.87. The summed E-state index contributed by atoms with van der Waals surface area (Å²) in [4.78, 5) is 0. The molecule has 0 amide bonds. The van der Waals surface area contributed by atoms with Crippen LogP contribution in [0.2, 0.25) is 0 Å². The van der Waals surface area contributed by atoms with Crippen molar-refractivity contribution in [3.05, 3.63) is 35.4 Å². The minimum absolute atomic E-state index is 0.0728. The molecular weight excluding hydrogens is 188 g/mol. The zero-order valence-corrected chi connectivity index (χ0v) is 8.02. The number of nitrogens with one attached hydrogen (secondary N) is 1. The van der Waals surface area contributed by atoms with Gasteiger partial charge in [0.05, 0.1) is 6.61 Å². The van der Waals surface area contributed by atoms with Gasteiger partial charge in [-0.05, 0) is 12.1 Å². The van der Waals surface area contributed by atoms with Crippen molar-refractivity contribution in [1.82, 2.24) is 5.32 Å². The van der Waals surface area contributed by atoms with Gasteiger partial charge in [-0.2, -0.15) is 0 Å². The van der Waals surface area contributed by atoms with Crippen molar-refractivity contribution >= 4 is 0 Å². The molecule has 0 heterocycles. The van der Waals surface area contributed by atoms with E-state index in [4.69, 9.17) is 4.74 Å². The smallest absolute Gasteiger partial charge is 0.130 e. The van der Waals surface area contributed by atoms with Gasteiger partial charge in [-0.25, -0.2) is 8.78 Å². The van der Waals surface area contributed by atoms with E-state index in [0.717, 1.165) is 0 Å². The molecule has 0 unspecified atom stereocenters. The van der Waals surface area contributed by atoms with Gasteiger partial charge >= 0.3 is 0 Å². The van der Waals surface area contributed by atoms with Gasteiger partial charge in [-0.1, -0.05) is 6.07 Å². The molecule has 0 aliphatic rings. The van der Waals surface area contributed by atoms with Gasteiger partial charge < -0.3 is 10.1 Å². The van der Waals surface area contributed by atoms with Gasteiger partial charge in [0.2, 0.25) is 0 Å². The molecule has 0 spiro atoms. The molecule has 0 atom stereocenters. The summed E-state index contributed by atoms with van der Waals surface area (Å²) in [6.45, 7) is 1.28. The fourth-order valence-corrected chi connectivity index (χ4v) is 1.09. The monoisotopic (exact) mass is 201 g/mol. The first-order chi connectivity index (χ1) is 6.75. The highest BCUT2D eigenvalue weighted by atomic mass is 19.1. The Morgan fingerprint density at radius 2 is 1.93 bits per heavy atom. The molecule has 1 aromatic rings. The number of hydrogen-bond donors (Lipinski definition) is 1. The molecule has 1 N–H and O–H groups in total. The maximum atomic E-state index is 13.0. The van der Waals surface area contributed by atoms with E-state index in [9.17, 15) is 8.78 Å². The first kappa shape index (κ1) is 11.1. The van der Waals surface area contributed by atoms with Crippen LogP contribution in [0.3, 0.4) is 0 Å². The summed E-state index contributed by atoms with van der Waals surface area (Å²) in [5, 5.41) is 2.88. The zero-order valence-electron chi connectivity index (χ0n) is 8.02. The third-order valence-electron chi connectivity index (χ3n) is 1.85. The number of methoxy groups -OCH3 is 1. The molecule has 14 heavy (non-hydrogen) atoms. The van der Waals surface area contributed by atoms with Crippen molar-refractivity contribution in [3.63, 3.8) is 0 Å². The second kappa shape index (κ2) is 5.67. The van der Waals surface area contributed by atoms with Crippen molar-refractivity contribution in [3.8, 4) is 0 Å². The first-order valence-corrected chi connectivity index (χ1v) is 4.38. The molecule has 1 aromatic carbocycles. The molecule has 0 aromatic heterocycles. The van der Waals surface area contributed by atoms with Crippen LogP contribution in [0.4, 0.5) is 8.78 Å². The highest BCUT2D eigenvalue weighted by Crippen LogP contribution is 2.10. The van der Waals surface area contributed by atoms with Crippen LogP contribution < -0.4 is 5.32 Å². The molecule has 0 bridgehead atoms. The van der Waals surface area contributed by atoms with Crippen molar-refractivity contribution < 1.29 is 13.5 Å². The Morgan fingerprint density at radius 3 is 2.50 bits per heavy atom. The summed E-state index contributed by atoms with van der Waals surface area (Å²) in [6, 6.07) is 3.84. The van der Waals surface area contributed by atoms with Crippen LogP contribution in [0, 0.1) is 11.6 Å². The van der Waals surface area contributed by atoms with Crippen LogP contribution in [0.25, 0.3) is 0 Å². The van der Waals surface area contributed by atoms with E-state index in [0.29, 0.717) is 13.2 Å². The van der Waals surface area contributed by atoms with Gasteiger partial charge in [-0.3, -0.25) is 0 Å². The number of benzene rings is 1. The Balaban J connectivity index is 2.49. The molecule has 0 saturated carbocycles. The average molecular weight is 201 g/mol. The van der Waals surface area contributed by atoms with Gasteiger partial charge in [0.1, 0.15) is 11.6 Å². The van der Waals surface area contributed by atoms with Gasteiger partial charge in [0.15, 0.2) is 0 Å². The van der Waals surface area contributed by atoms with Crippen LogP contribution in [-0.2, 0) is 11.3 Å². The standard InChI is InChI=1S/C10H13F2NO/c1-14-6-5-13-7-8-9(11)3-2-4-10(8)12/h2-4,13H,5-7H2,1H3. The fourth-order valence-electron chi connectivity index (χ4n) is 1.09. The van der Waals surface area contributed by atoms with Crippen molar-refractivity contribution in [1.29, 1.82) is 0 Å². The van der Waals surface area contributed by atoms with E-state index in [-0.39, 0.29) is 12.1 Å². The van der Waals surface area contributed by atoms with Crippen LogP contribution >= 0.6 is 0 Å². The molecule has 1 rings (SSSR count). The maximum absolute atomic E-state index is 13.0. The minimum Gasteiger partial charge on any atom is -0.383 e. The molecule has 0 radical (unpaired) electrons. The van der Waals surface area contributed by atoms with E-state index in [1.54, 1.807) is 7.11 Å². The lowest BCUT2D eigenvalue weighted by Crippen LogP contribution is -2.20. The zero-order chi connectivity index (χ0) is 10.4. The predicted molar refractivity (Wildman–Crippen MR) is 49.9 cm³/mol. The van der Waals surface area contributed by atoms with Gasteiger partial charge in [0, 0.05) is 25.8 Å². The topological polar surface area (TPSA) is 21.3 Å². The number of halogens is 2. The lowest BCUT2D eigenvalue weighted by atomic mass is 10.2. The Hall–Kier alpha value is -1.00. The third kappa shape index (κ3) is 3.05. The summed E-state index contributed by atoms with van der Waals surface area (Å²) in [5.41, 5.74) is 0.0728. The maximum Gasteiger partial charge on any atom is 0.130 e. The summed E-state index contributed by atoms with van der Waals surface area (Å²) >= 11 is 0.